The number of carbonyl (C=O) groups is 1. The zero-order valence-electron chi connectivity index (χ0n) is 14.8. The average molecular weight is 352 g/mol. The summed E-state index contributed by atoms with van der Waals surface area (Å²) in [7, 11) is 1.80. The van der Waals surface area contributed by atoms with Gasteiger partial charge in [-0.15, -0.1) is 0 Å². The average Bonchev–Trinajstić information content (AvgIpc) is 3.05. The largest absolute Gasteiger partial charge is 0.342 e. The molecule has 0 radical (unpaired) electrons. The van der Waals surface area contributed by atoms with Gasteiger partial charge in [-0.2, -0.15) is 5.10 Å². The van der Waals surface area contributed by atoms with Crippen LogP contribution in [0.15, 0.2) is 47.8 Å². The van der Waals surface area contributed by atoms with E-state index in [2.05, 4.69) is 25.4 Å². The van der Waals surface area contributed by atoms with Gasteiger partial charge in [0, 0.05) is 12.6 Å². The number of carbonyl (C=O) groups excluding carboxylic acids is 1. The molecule has 0 bridgehead atoms. The van der Waals surface area contributed by atoms with Gasteiger partial charge >= 0.3 is 0 Å². The van der Waals surface area contributed by atoms with Gasteiger partial charge in [0.15, 0.2) is 0 Å². The molecule has 0 saturated heterocycles. The Bertz CT molecular complexity index is 958. The van der Waals surface area contributed by atoms with Gasteiger partial charge in [0.05, 0.1) is 24.1 Å². The number of amides is 1. The first-order valence-electron chi connectivity index (χ1n) is 8.25. The van der Waals surface area contributed by atoms with Crippen molar-refractivity contribution in [3.63, 3.8) is 0 Å². The lowest BCUT2D eigenvalue weighted by Crippen LogP contribution is -2.33. The third-order valence-electron chi connectivity index (χ3n) is 4.09. The number of nitrogens with one attached hydrogen (secondary N) is 2. The van der Waals surface area contributed by atoms with Crippen molar-refractivity contribution in [3.05, 3.63) is 64.7 Å². The Kier molecular flexibility index (Phi) is 4.92. The molecule has 1 aromatic carbocycles. The Morgan fingerprint density at radius 1 is 1.19 bits per heavy atom. The van der Waals surface area contributed by atoms with E-state index in [1.54, 1.807) is 42.2 Å². The van der Waals surface area contributed by atoms with Crippen molar-refractivity contribution in [2.75, 3.05) is 0 Å². The van der Waals surface area contributed by atoms with E-state index in [0.717, 1.165) is 5.56 Å². The van der Waals surface area contributed by atoms with E-state index in [1.165, 1.54) is 12.5 Å². The molecule has 134 valence electrons. The Hall–Kier alpha value is -3.29. The van der Waals surface area contributed by atoms with Crippen LogP contribution in [-0.2, 0) is 7.05 Å². The summed E-state index contributed by atoms with van der Waals surface area (Å²) >= 11 is 0. The fourth-order valence-electron chi connectivity index (χ4n) is 2.67. The first kappa shape index (κ1) is 17.5. The number of aromatic amines is 1. The molecule has 8 heteroatoms. The van der Waals surface area contributed by atoms with Crippen LogP contribution in [0.3, 0.4) is 0 Å². The second kappa shape index (κ2) is 7.30. The maximum Gasteiger partial charge on any atom is 0.266 e. The van der Waals surface area contributed by atoms with E-state index in [1.807, 2.05) is 13.8 Å². The summed E-state index contributed by atoms with van der Waals surface area (Å²) in [6, 6.07) is 6.72. The lowest BCUT2D eigenvalue weighted by atomic mass is 10.0. The molecule has 8 nitrogen and oxygen atoms in total. The molecule has 3 rings (SSSR count). The van der Waals surface area contributed by atoms with Crippen LogP contribution < -0.4 is 10.9 Å². The summed E-state index contributed by atoms with van der Waals surface area (Å²) in [6.45, 7) is 4.03. The third kappa shape index (κ3) is 3.69. The van der Waals surface area contributed by atoms with E-state index in [9.17, 15) is 9.59 Å². The quantitative estimate of drug-likeness (QED) is 0.727. The van der Waals surface area contributed by atoms with Crippen molar-refractivity contribution in [2.24, 2.45) is 13.0 Å². The summed E-state index contributed by atoms with van der Waals surface area (Å²) in [5.74, 6) is 0.664. The Labute approximate surface area is 150 Å². The third-order valence-corrected chi connectivity index (χ3v) is 4.09. The van der Waals surface area contributed by atoms with Gasteiger partial charge in [-0.05, 0) is 23.6 Å². The summed E-state index contributed by atoms with van der Waals surface area (Å²) in [5, 5.41) is 7.08. The minimum atomic E-state index is -0.271. The maximum absolute atomic E-state index is 12.6. The molecule has 3 aromatic rings. The minimum Gasteiger partial charge on any atom is -0.342 e. The number of benzene rings is 1. The summed E-state index contributed by atoms with van der Waals surface area (Å²) in [4.78, 5) is 34.8. The highest BCUT2D eigenvalue weighted by atomic mass is 16.1. The Morgan fingerprint density at radius 3 is 2.50 bits per heavy atom. The summed E-state index contributed by atoms with van der Waals surface area (Å²) in [6.07, 6.45) is 4.25. The van der Waals surface area contributed by atoms with Gasteiger partial charge in [-0.3, -0.25) is 19.3 Å². The fourth-order valence-corrected chi connectivity index (χ4v) is 2.67. The SMILES string of the molecule is CC(C)[C@H](NC(=O)c1ccc(-c2cncc(=O)[nH]2)cc1)c1ncnn1C. The van der Waals surface area contributed by atoms with Gasteiger partial charge in [0.1, 0.15) is 12.2 Å². The standard InChI is InChI=1S/C18H20N6O2/c1-11(2)16(17-20-10-21-24(17)3)23-18(26)13-6-4-12(5-7-13)14-8-19-9-15(25)22-14/h4-11,16H,1-3H3,(H,22,25)(H,23,26)/t16-/m0/s1. The number of H-pyrrole nitrogens is 1. The molecule has 0 spiro atoms. The molecule has 0 aliphatic carbocycles. The van der Waals surface area contributed by atoms with E-state index >= 15 is 0 Å². The molecule has 1 amide bonds. The Balaban J connectivity index is 1.79. The molecule has 1 atom stereocenters. The molecular formula is C18H20N6O2. The molecular weight excluding hydrogens is 332 g/mol. The molecule has 2 aromatic heterocycles. The van der Waals surface area contributed by atoms with Crippen molar-refractivity contribution in [3.8, 4) is 11.3 Å². The number of hydrogen-bond acceptors (Lipinski definition) is 5. The fraction of sp³-hybridized carbons (Fsp3) is 0.278. The van der Waals surface area contributed by atoms with Crippen LogP contribution >= 0.6 is 0 Å². The predicted octanol–water partition coefficient (Wildman–Crippen LogP) is 1.69. The molecule has 26 heavy (non-hydrogen) atoms. The van der Waals surface area contributed by atoms with Crippen molar-refractivity contribution in [2.45, 2.75) is 19.9 Å². The van der Waals surface area contributed by atoms with E-state index < -0.39 is 0 Å². The molecule has 0 aliphatic heterocycles. The molecule has 0 fully saturated rings. The molecule has 0 saturated carbocycles. The zero-order valence-corrected chi connectivity index (χ0v) is 14.8. The van der Waals surface area contributed by atoms with E-state index in [4.69, 9.17) is 0 Å². The van der Waals surface area contributed by atoms with E-state index in [0.29, 0.717) is 17.1 Å². The highest BCUT2D eigenvalue weighted by Crippen LogP contribution is 2.20. The summed E-state index contributed by atoms with van der Waals surface area (Å²) < 4.78 is 1.66. The van der Waals surface area contributed by atoms with Crippen molar-refractivity contribution < 1.29 is 4.79 Å². The smallest absolute Gasteiger partial charge is 0.266 e. The minimum absolute atomic E-state index is 0.154. The van der Waals surface area contributed by atoms with E-state index in [-0.39, 0.29) is 23.4 Å². The van der Waals surface area contributed by atoms with Crippen LogP contribution in [-0.4, -0.2) is 30.6 Å². The highest BCUT2D eigenvalue weighted by Gasteiger charge is 2.23. The number of nitrogens with zero attached hydrogens (tertiary/aromatic N) is 4. The normalized spacial score (nSPS) is 12.2. The van der Waals surface area contributed by atoms with Crippen molar-refractivity contribution in [1.82, 2.24) is 30.0 Å². The number of hydrogen-bond donors (Lipinski definition) is 2. The van der Waals surface area contributed by atoms with Crippen molar-refractivity contribution >= 4 is 5.91 Å². The van der Waals surface area contributed by atoms with Gasteiger partial charge in [0.2, 0.25) is 0 Å². The maximum atomic E-state index is 12.6. The van der Waals surface area contributed by atoms with Gasteiger partial charge in [0.25, 0.3) is 11.5 Å². The predicted molar refractivity (Wildman–Crippen MR) is 96.3 cm³/mol. The van der Waals surface area contributed by atoms with Crippen LogP contribution in [0, 0.1) is 5.92 Å². The van der Waals surface area contributed by atoms with Crippen LogP contribution in [0.25, 0.3) is 11.3 Å². The van der Waals surface area contributed by atoms with Crippen LogP contribution in [0.4, 0.5) is 0 Å². The van der Waals surface area contributed by atoms with Crippen LogP contribution in [0.1, 0.15) is 36.1 Å². The van der Waals surface area contributed by atoms with Gasteiger partial charge in [-0.1, -0.05) is 26.0 Å². The second-order valence-corrected chi connectivity index (χ2v) is 6.32. The van der Waals surface area contributed by atoms with Gasteiger partial charge < -0.3 is 10.3 Å². The van der Waals surface area contributed by atoms with Gasteiger partial charge in [-0.25, -0.2) is 4.98 Å². The zero-order chi connectivity index (χ0) is 18.7. The monoisotopic (exact) mass is 352 g/mol. The summed E-state index contributed by atoms with van der Waals surface area (Å²) in [5.41, 5.74) is 1.63. The number of aryl methyl sites for hydroxylation is 1. The number of rotatable bonds is 5. The number of aromatic nitrogens is 5. The molecule has 2 heterocycles. The topological polar surface area (TPSA) is 106 Å². The molecule has 0 unspecified atom stereocenters. The Morgan fingerprint density at radius 2 is 1.92 bits per heavy atom. The van der Waals surface area contributed by atoms with Crippen LogP contribution in [0.5, 0.6) is 0 Å². The first-order chi connectivity index (χ1) is 12.5. The van der Waals surface area contributed by atoms with Crippen LogP contribution in [0.2, 0.25) is 0 Å². The van der Waals surface area contributed by atoms with Crippen molar-refractivity contribution in [1.29, 1.82) is 0 Å². The first-order valence-corrected chi connectivity index (χ1v) is 8.25. The second-order valence-electron chi connectivity index (χ2n) is 6.32. The lowest BCUT2D eigenvalue weighted by molar-refractivity contribution is 0.0922. The lowest BCUT2D eigenvalue weighted by Gasteiger charge is -2.21. The molecule has 2 N–H and O–H groups in total. The highest BCUT2D eigenvalue weighted by molar-refractivity contribution is 5.94. The molecule has 0 aliphatic rings.